The zero-order chi connectivity index (χ0) is 14.7. The van der Waals surface area contributed by atoms with Crippen LogP contribution in [0.2, 0.25) is 0 Å². The Kier molecular flexibility index (Phi) is 3.60. The van der Waals surface area contributed by atoms with Crippen LogP contribution in [0.1, 0.15) is 16.1 Å². The van der Waals surface area contributed by atoms with E-state index in [4.69, 9.17) is 5.73 Å². The number of pyridine rings is 1. The molecule has 0 radical (unpaired) electrons. The average Bonchev–Trinajstić information content (AvgIpc) is 2.40. The number of hydrogen-bond donors (Lipinski definition) is 2. The van der Waals surface area contributed by atoms with Gasteiger partial charge in [-0.3, -0.25) is 19.9 Å². The molecule has 0 spiro atoms. The molecule has 0 fully saturated rings. The molecule has 3 N–H and O–H groups in total. The van der Waals surface area contributed by atoms with E-state index in [9.17, 15) is 14.9 Å². The fourth-order valence-corrected chi connectivity index (χ4v) is 1.66. The number of amides is 1. The highest BCUT2D eigenvalue weighted by atomic mass is 16.6. The van der Waals surface area contributed by atoms with E-state index in [1.165, 1.54) is 30.5 Å². The molecule has 1 aromatic carbocycles. The number of nitrogens with zero attached hydrogens (tertiary/aromatic N) is 2. The number of hydrogen-bond acceptors (Lipinski definition) is 5. The van der Waals surface area contributed by atoms with Gasteiger partial charge in [0.25, 0.3) is 11.6 Å². The smallest absolute Gasteiger partial charge is 0.274 e. The summed E-state index contributed by atoms with van der Waals surface area (Å²) in [6, 6.07) is 7.24. The van der Waals surface area contributed by atoms with Crippen molar-refractivity contribution in [3.05, 3.63) is 57.9 Å². The van der Waals surface area contributed by atoms with Gasteiger partial charge in [-0.15, -0.1) is 0 Å². The molecule has 0 atom stereocenters. The first kappa shape index (κ1) is 13.5. The lowest BCUT2D eigenvalue weighted by atomic mass is 10.1. The normalized spacial score (nSPS) is 10.1. The van der Waals surface area contributed by atoms with Crippen LogP contribution >= 0.6 is 0 Å². The Labute approximate surface area is 114 Å². The van der Waals surface area contributed by atoms with Crippen LogP contribution in [0.5, 0.6) is 0 Å². The molecule has 0 unspecified atom stereocenters. The van der Waals surface area contributed by atoms with Gasteiger partial charge < -0.3 is 11.1 Å². The van der Waals surface area contributed by atoms with Gasteiger partial charge >= 0.3 is 0 Å². The lowest BCUT2D eigenvalue weighted by Crippen LogP contribution is -2.14. The molecule has 0 bridgehead atoms. The number of anilines is 2. The van der Waals surface area contributed by atoms with Crippen molar-refractivity contribution in [2.24, 2.45) is 0 Å². The predicted octanol–water partition coefficient (Wildman–Crippen LogP) is 2.13. The van der Waals surface area contributed by atoms with Crippen molar-refractivity contribution in [2.75, 3.05) is 11.1 Å². The van der Waals surface area contributed by atoms with E-state index >= 15 is 0 Å². The number of benzene rings is 1. The summed E-state index contributed by atoms with van der Waals surface area (Å²) in [5.74, 6) is -0.422. The van der Waals surface area contributed by atoms with Crippen molar-refractivity contribution in [3.8, 4) is 0 Å². The highest BCUT2D eigenvalue weighted by molar-refractivity contribution is 6.03. The standard InChI is InChI=1S/C13H12N4O3/c1-8-6-10(17(19)20)2-3-11(8)16-13(18)12-7-9(14)4-5-15-12/h2-7H,1H3,(H2,14,15)(H,16,18). The monoisotopic (exact) mass is 272 g/mol. The molecule has 0 saturated heterocycles. The van der Waals surface area contributed by atoms with Crippen LogP contribution < -0.4 is 11.1 Å². The molecule has 2 rings (SSSR count). The van der Waals surface area contributed by atoms with Crippen LogP contribution in [0.15, 0.2) is 36.5 Å². The predicted molar refractivity (Wildman–Crippen MR) is 74.4 cm³/mol. The van der Waals surface area contributed by atoms with Crippen LogP contribution in [-0.4, -0.2) is 15.8 Å². The first-order chi connectivity index (χ1) is 9.47. The Morgan fingerprint density at radius 1 is 1.35 bits per heavy atom. The number of carbonyl (C=O) groups is 1. The summed E-state index contributed by atoms with van der Waals surface area (Å²) in [6.07, 6.45) is 1.44. The lowest BCUT2D eigenvalue weighted by molar-refractivity contribution is -0.384. The minimum Gasteiger partial charge on any atom is -0.399 e. The maximum Gasteiger partial charge on any atom is 0.274 e. The summed E-state index contributed by atoms with van der Waals surface area (Å²) < 4.78 is 0. The Morgan fingerprint density at radius 2 is 2.10 bits per heavy atom. The molecule has 0 aliphatic carbocycles. The zero-order valence-electron chi connectivity index (χ0n) is 10.7. The van der Waals surface area contributed by atoms with Crippen LogP contribution in [0.4, 0.5) is 17.1 Å². The van der Waals surface area contributed by atoms with Gasteiger partial charge in [-0.05, 0) is 30.7 Å². The Hall–Kier alpha value is -2.96. The van der Waals surface area contributed by atoms with Gasteiger partial charge in [-0.1, -0.05) is 0 Å². The summed E-state index contributed by atoms with van der Waals surface area (Å²) in [4.78, 5) is 26.0. The maximum atomic E-state index is 12.0. The third-order valence-electron chi connectivity index (χ3n) is 2.69. The minimum atomic E-state index is -0.488. The molecule has 1 amide bonds. The fraction of sp³-hybridized carbons (Fsp3) is 0.0769. The SMILES string of the molecule is Cc1cc([N+](=O)[O-])ccc1NC(=O)c1cc(N)ccn1. The number of nitrogens with two attached hydrogens (primary N) is 1. The lowest BCUT2D eigenvalue weighted by Gasteiger charge is -2.08. The topological polar surface area (TPSA) is 111 Å². The summed E-state index contributed by atoms with van der Waals surface area (Å²) in [5, 5.41) is 13.3. The van der Waals surface area contributed by atoms with Crippen molar-refractivity contribution < 1.29 is 9.72 Å². The minimum absolute atomic E-state index is 0.0254. The molecular formula is C13H12N4O3. The van der Waals surface area contributed by atoms with Crippen LogP contribution in [0.25, 0.3) is 0 Å². The second-order valence-electron chi connectivity index (χ2n) is 4.18. The number of nitrogens with one attached hydrogen (secondary N) is 1. The van der Waals surface area contributed by atoms with Crippen molar-refractivity contribution >= 4 is 23.0 Å². The number of rotatable bonds is 3. The highest BCUT2D eigenvalue weighted by Gasteiger charge is 2.12. The highest BCUT2D eigenvalue weighted by Crippen LogP contribution is 2.21. The number of aromatic nitrogens is 1. The van der Waals surface area contributed by atoms with E-state index in [1.54, 1.807) is 13.0 Å². The quantitative estimate of drug-likeness (QED) is 0.656. The molecule has 0 saturated carbocycles. The van der Waals surface area contributed by atoms with E-state index in [0.29, 0.717) is 16.9 Å². The van der Waals surface area contributed by atoms with E-state index in [1.807, 2.05) is 0 Å². The van der Waals surface area contributed by atoms with Crippen molar-refractivity contribution in [1.29, 1.82) is 0 Å². The van der Waals surface area contributed by atoms with Gasteiger partial charge in [-0.25, -0.2) is 0 Å². The summed E-state index contributed by atoms with van der Waals surface area (Å²) >= 11 is 0. The Bertz CT molecular complexity index is 685. The number of non-ortho nitro benzene ring substituents is 1. The second-order valence-corrected chi connectivity index (χ2v) is 4.18. The van der Waals surface area contributed by atoms with Crippen LogP contribution in [-0.2, 0) is 0 Å². The first-order valence-corrected chi connectivity index (χ1v) is 5.75. The molecule has 1 aromatic heterocycles. The number of carbonyl (C=O) groups excluding carboxylic acids is 1. The van der Waals surface area contributed by atoms with E-state index in [-0.39, 0.29) is 11.4 Å². The summed E-state index contributed by atoms with van der Waals surface area (Å²) in [6.45, 7) is 1.68. The second kappa shape index (κ2) is 5.35. The number of aryl methyl sites for hydroxylation is 1. The average molecular weight is 272 g/mol. The Balaban J connectivity index is 2.22. The molecule has 7 nitrogen and oxygen atoms in total. The van der Waals surface area contributed by atoms with Gasteiger partial charge in [0.05, 0.1) is 4.92 Å². The van der Waals surface area contributed by atoms with Gasteiger partial charge in [0, 0.05) is 29.7 Å². The van der Waals surface area contributed by atoms with Gasteiger partial charge in [0.15, 0.2) is 0 Å². The molecule has 7 heteroatoms. The number of nitro groups is 1. The molecule has 0 aliphatic rings. The molecule has 2 aromatic rings. The van der Waals surface area contributed by atoms with E-state index in [2.05, 4.69) is 10.3 Å². The number of nitro benzene ring substituents is 1. The molecule has 20 heavy (non-hydrogen) atoms. The molecule has 102 valence electrons. The van der Waals surface area contributed by atoms with Crippen LogP contribution in [0, 0.1) is 17.0 Å². The zero-order valence-corrected chi connectivity index (χ0v) is 10.7. The summed E-state index contributed by atoms with van der Waals surface area (Å²) in [7, 11) is 0. The van der Waals surface area contributed by atoms with Gasteiger partial charge in [0.2, 0.25) is 0 Å². The Morgan fingerprint density at radius 3 is 2.70 bits per heavy atom. The van der Waals surface area contributed by atoms with Gasteiger partial charge in [0.1, 0.15) is 5.69 Å². The molecule has 1 heterocycles. The maximum absolute atomic E-state index is 12.0. The molecule has 0 aliphatic heterocycles. The van der Waals surface area contributed by atoms with Crippen molar-refractivity contribution in [3.63, 3.8) is 0 Å². The third kappa shape index (κ3) is 2.89. The van der Waals surface area contributed by atoms with Crippen LogP contribution in [0.3, 0.4) is 0 Å². The van der Waals surface area contributed by atoms with E-state index < -0.39 is 10.8 Å². The first-order valence-electron chi connectivity index (χ1n) is 5.75. The number of nitrogen functional groups attached to an aromatic ring is 1. The fourth-order valence-electron chi connectivity index (χ4n) is 1.66. The largest absolute Gasteiger partial charge is 0.399 e. The third-order valence-corrected chi connectivity index (χ3v) is 2.69. The van der Waals surface area contributed by atoms with Gasteiger partial charge in [-0.2, -0.15) is 0 Å². The van der Waals surface area contributed by atoms with E-state index in [0.717, 1.165) is 0 Å². The molecular weight excluding hydrogens is 260 g/mol. The van der Waals surface area contributed by atoms with Crippen molar-refractivity contribution in [2.45, 2.75) is 6.92 Å². The summed E-state index contributed by atoms with van der Waals surface area (Å²) in [5.41, 5.74) is 7.26. The van der Waals surface area contributed by atoms with Crippen molar-refractivity contribution in [1.82, 2.24) is 4.98 Å².